The van der Waals surface area contributed by atoms with Crippen molar-refractivity contribution in [1.29, 1.82) is 0 Å². The number of amides is 1. The number of nitrogens with one attached hydrogen (secondary N) is 3. The summed E-state index contributed by atoms with van der Waals surface area (Å²) in [5.41, 5.74) is 1.47. The van der Waals surface area contributed by atoms with Crippen molar-refractivity contribution in [2.24, 2.45) is 0 Å². The van der Waals surface area contributed by atoms with Crippen molar-refractivity contribution >= 4 is 50.5 Å². The molecule has 0 saturated heterocycles. The summed E-state index contributed by atoms with van der Waals surface area (Å²) in [4.78, 5) is 11.9. The van der Waals surface area contributed by atoms with Crippen molar-refractivity contribution < 1.29 is 13.9 Å². The van der Waals surface area contributed by atoms with E-state index < -0.39 is 0 Å². The highest BCUT2D eigenvalue weighted by molar-refractivity contribution is 9.10. The van der Waals surface area contributed by atoms with Crippen molar-refractivity contribution in [3.63, 3.8) is 0 Å². The van der Waals surface area contributed by atoms with Gasteiger partial charge in [-0.15, -0.1) is 0 Å². The van der Waals surface area contributed by atoms with Crippen LogP contribution in [0.1, 0.15) is 10.6 Å². The van der Waals surface area contributed by atoms with Crippen LogP contribution >= 0.6 is 28.1 Å². The van der Waals surface area contributed by atoms with Gasteiger partial charge in [-0.25, -0.2) is 0 Å². The van der Waals surface area contributed by atoms with Crippen LogP contribution in [-0.4, -0.2) is 24.2 Å². The lowest BCUT2D eigenvalue weighted by Gasteiger charge is -2.12. The number of carbonyl (C=O) groups is 1. The Morgan fingerprint density at radius 1 is 1.00 bits per heavy atom. The van der Waals surface area contributed by atoms with Crippen molar-refractivity contribution in [1.82, 2.24) is 5.32 Å². The van der Waals surface area contributed by atoms with E-state index in [0.717, 1.165) is 15.9 Å². The molecular weight excluding hydrogens is 442 g/mol. The zero-order valence-electron chi connectivity index (χ0n) is 14.8. The van der Waals surface area contributed by atoms with Gasteiger partial charge in [-0.3, -0.25) is 4.79 Å². The first-order valence-electron chi connectivity index (χ1n) is 8.48. The molecule has 3 rings (SSSR count). The Morgan fingerprint density at radius 2 is 1.68 bits per heavy atom. The summed E-state index contributed by atoms with van der Waals surface area (Å²) in [6.07, 6.45) is 1.46. The van der Waals surface area contributed by atoms with Gasteiger partial charge in [0, 0.05) is 15.8 Å². The zero-order valence-corrected chi connectivity index (χ0v) is 17.2. The van der Waals surface area contributed by atoms with Gasteiger partial charge in [0.2, 0.25) is 0 Å². The van der Waals surface area contributed by atoms with Gasteiger partial charge in [0.25, 0.3) is 5.91 Å². The zero-order chi connectivity index (χ0) is 19.8. The lowest BCUT2D eigenvalue weighted by Crippen LogP contribution is -2.31. The van der Waals surface area contributed by atoms with E-state index in [9.17, 15) is 4.79 Å². The molecule has 3 N–H and O–H groups in total. The summed E-state index contributed by atoms with van der Waals surface area (Å²) in [6.45, 7) is 1.06. The number of rotatable bonds is 7. The van der Waals surface area contributed by atoms with Crippen LogP contribution < -0.4 is 20.7 Å². The Balaban J connectivity index is 1.39. The molecule has 0 radical (unpaired) electrons. The molecule has 0 aliphatic rings. The van der Waals surface area contributed by atoms with Gasteiger partial charge in [-0.1, -0.05) is 15.9 Å². The average molecular weight is 460 g/mol. The normalized spacial score (nSPS) is 10.2. The molecule has 0 aliphatic carbocycles. The predicted octanol–water partition coefficient (Wildman–Crippen LogP) is 4.66. The fourth-order valence-corrected chi connectivity index (χ4v) is 2.76. The van der Waals surface area contributed by atoms with Gasteiger partial charge in [0.15, 0.2) is 10.9 Å². The van der Waals surface area contributed by atoms with E-state index in [2.05, 4.69) is 31.9 Å². The van der Waals surface area contributed by atoms with Crippen LogP contribution in [0.2, 0.25) is 0 Å². The van der Waals surface area contributed by atoms with E-state index in [1.807, 2.05) is 36.4 Å². The lowest BCUT2D eigenvalue weighted by molar-refractivity contribution is 0.0996. The first kappa shape index (κ1) is 19.9. The SMILES string of the molecule is O=C(Nc1ccc(NC(=S)NCCOc2ccc(Br)cc2)cc1)c1ccco1. The third-order valence-electron chi connectivity index (χ3n) is 3.62. The molecule has 1 amide bonds. The monoisotopic (exact) mass is 459 g/mol. The smallest absolute Gasteiger partial charge is 0.291 e. The third-order valence-corrected chi connectivity index (χ3v) is 4.39. The molecule has 0 aliphatic heterocycles. The average Bonchev–Trinajstić information content (AvgIpc) is 3.23. The van der Waals surface area contributed by atoms with E-state index in [1.54, 1.807) is 24.3 Å². The number of furan rings is 1. The Hall–Kier alpha value is -2.84. The summed E-state index contributed by atoms with van der Waals surface area (Å²) >= 11 is 8.66. The Morgan fingerprint density at radius 3 is 2.32 bits per heavy atom. The summed E-state index contributed by atoms with van der Waals surface area (Å²) < 4.78 is 11.7. The molecule has 0 bridgehead atoms. The minimum Gasteiger partial charge on any atom is -0.492 e. The van der Waals surface area contributed by atoms with Crippen molar-refractivity contribution in [3.8, 4) is 5.75 Å². The van der Waals surface area contributed by atoms with E-state index in [-0.39, 0.29) is 11.7 Å². The minimum absolute atomic E-state index is 0.262. The summed E-state index contributed by atoms with van der Waals surface area (Å²) in [5, 5.41) is 9.42. The van der Waals surface area contributed by atoms with Gasteiger partial charge < -0.3 is 25.1 Å². The minimum atomic E-state index is -0.298. The highest BCUT2D eigenvalue weighted by Gasteiger charge is 2.08. The maximum atomic E-state index is 11.9. The standard InChI is InChI=1S/C20H18BrN3O3S/c21-14-3-9-17(10-4-14)26-13-11-22-20(28)24-16-7-5-15(6-8-16)23-19(25)18-2-1-12-27-18/h1-10,12H,11,13H2,(H,23,25)(H2,22,24,28). The van der Waals surface area contributed by atoms with Gasteiger partial charge in [0.1, 0.15) is 12.4 Å². The van der Waals surface area contributed by atoms with Crippen molar-refractivity contribution in [3.05, 3.63) is 77.2 Å². The second-order valence-electron chi connectivity index (χ2n) is 5.69. The molecule has 0 spiro atoms. The fourth-order valence-electron chi connectivity index (χ4n) is 2.28. The molecule has 1 heterocycles. The number of thiocarbonyl (C=S) groups is 1. The molecule has 1 aromatic heterocycles. The first-order valence-corrected chi connectivity index (χ1v) is 9.68. The molecule has 0 saturated carbocycles. The van der Waals surface area contributed by atoms with Crippen LogP contribution in [0, 0.1) is 0 Å². The highest BCUT2D eigenvalue weighted by Crippen LogP contribution is 2.16. The molecule has 3 aromatic rings. The van der Waals surface area contributed by atoms with E-state index in [4.69, 9.17) is 21.4 Å². The second-order valence-corrected chi connectivity index (χ2v) is 7.02. The first-order chi connectivity index (χ1) is 13.6. The maximum Gasteiger partial charge on any atom is 0.291 e. The predicted molar refractivity (Wildman–Crippen MR) is 117 cm³/mol. The molecule has 0 atom stereocenters. The number of hydrogen-bond donors (Lipinski definition) is 3. The molecule has 28 heavy (non-hydrogen) atoms. The number of halogens is 1. The molecule has 8 heteroatoms. The quantitative estimate of drug-likeness (QED) is 0.352. The van der Waals surface area contributed by atoms with Crippen LogP contribution in [0.25, 0.3) is 0 Å². The van der Waals surface area contributed by atoms with Crippen molar-refractivity contribution in [2.75, 3.05) is 23.8 Å². The lowest BCUT2D eigenvalue weighted by atomic mass is 10.2. The molecular formula is C20H18BrN3O3S. The molecule has 144 valence electrons. The Labute approximate surface area is 176 Å². The molecule has 0 fully saturated rings. The fraction of sp³-hybridized carbons (Fsp3) is 0.100. The summed E-state index contributed by atoms with van der Waals surface area (Å²) in [6, 6.07) is 18.1. The van der Waals surface area contributed by atoms with Crippen LogP contribution in [0.15, 0.2) is 75.8 Å². The molecule has 6 nitrogen and oxygen atoms in total. The second kappa shape index (κ2) is 9.91. The van der Waals surface area contributed by atoms with Crippen LogP contribution in [0.4, 0.5) is 11.4 Å². The topological polar surface area (TPSA) is 75.5 Å². The summed E-state index contributed by atoms with van der Waals surface area (Å²) in [7, 11) is 0. The number of hydrogen-bond acceptors (Lipinski definition) is 4. The van der Waals surface area contributed by atoms with E-state index >= 15 is 0 Å². The van der Waals surface area contributed by atoms with Crippen LogP contribution in [0.3, 0.4) is 0 Å². The number of anilines is 2. The van der Waals surface area contributed by atoms with Crippen molar-refractivity contribution in [2.45, 2.75) is 0 Å². The molecule has 2 aromatic carbocycles. The largest absolute Gasteiger partial charge is 0.492 e. The highest BCUT2D eigenvalue weighted by atomic mass is 79.9. The number of benzene rings is 2. The third kappa shape index (κ3) is 6.11. The maximum absolute atomic E-state index is 11.9. The molecule has 0 unspecified atom stereocenters. The Kier molecular flexibility index (Phi) is 7.05. The Bertz CT molecular complexity index is 913. The van der Waals surface area contributed by atoms with E-state index in [0.29, 0.717) is 24.0 Å². The van der Waals surface area contributed by atoms with Crippen LogP contribution in [0.5, 0.6) is 5.75 Å². The van der Waals surface area contributed by atoms with Gasteiger partial charge >= 0.3 is 0 Å². The number of ether oxygens (including phenoxy) is 1. The summed E-state index contributed by atoms with van der Waals surface area (Å²) in [5.74, 6) is 0.766. The van der Waals surface area contributed by atoms with Gasteiger partial charge in [-0.2, -0.15) is 0 Å². The number of carbonyl (C=O) groups excluding carboxylic acids is 1. The van der Waals surface area contributed by atoms with E-state index in [1.165, 1.54) is 6.26 Å². The van der Waals surface area contributed by atoms with Gasteiger partial charge in [-0.05, 0) is 72.9 Å². The van der Waals surface area contributed by atoms with Crippen LogP contribution in [-0.2, 0) is 0 Å². The van der Waals surface area contributed by atoms with Gasteiger partial charge in [0.05, 0.1) is 12.8 Å².